The number of fused-ring (bicyclic) bond motifs is 1. The molecule has 2 aliphatic rings. The van der Waals surface area contributed by atoms with Crippen LogP contribution in [0.1, 0.15) is 5.56 Å². The zero-order valence-electron chi connectivity index (χ0n) is 18.5. The van der Waals surface area contributed by atoms with Crippen molar-refractivity contribution in [1.29, 1.82) is 0 Å². The van der Waals surface area contributed by atoms with Crippen LogP contribution in [0.5, 0.6) is 0 Å². The molecule has 0 spiro atoms. The summed E-state index contributed by atoms with van der Waals surface area (Å²) in [4.78, 5) is 28.2. The first kappa shape index (κ1) is 22.2. The van der Waals surface area contributed by atoms with Crippen LogP contribution in [0.3, 0.4) is 0 Å². The molecule has 6 rings (SSSR count). The fourth-order valence-electron chi connectivity index (χ4n) is 4.34. The number of hydrogen-bond donors (Lipinski definition) is 0. The lowest BCUT2D eigenvalue weighted by Crippen LogP contribution is -2.37. The Hall–Kier alpha value is -3.62. The average molecular weight is 474 g/mol. The number of pyridine rings is 1. The van der Waals surface area contributed by atoms with Crippen LogP contribution in [-0.2, 0) is 11.2 Å². The summed E-state index contributed by atoms with van der Waals surface area (Å²) in [5.74, 6) is 2.33. The van der Waals surface area contributed by atoms with Gasteiger partial charge in [-0.15, -0.1) is 12.4 Å². The van der Waals surface area contributed by atoms with E-state index in [1.165, 1.54) is 0 Å². The van der Waals surface area contributed by atoms with Crippen molar-refractivity contribution in [3.63, 3.8) is 0 Å². The minimum atomic E-state index is 0. The maximum absolute atomic E-state index is 5.55. The summed E-state index contributed by atoms with van der Waals surface area (Å²) >= 11 is 0. The molecule has 5 heterocycles. The van der Waals surface area contributed by atoms with Crippen LogP contribution < -0.4 is 9.80 Å². The van der Waals surface area contributed by atoms with E-state index >= 15 is 0 Å². The zero-order chi connectivity index (χ0) is 22.0. The van der Waals surface area contributed by atoms with Crippen molar-refractivity contribution in [2.75, 3.05) is 42.6 Å². The third kappa shape index (κ3) is 4.18. The molecule has 0 N–H and O–H groups in total. The van der Waals surface area contributed by atoms with Crippen molar-refractivity contribution in [3.8, 4) is 22.8 Å². The second kappa shape index (κ2) is 9.70. The van der Waals surface area contributed by atoms with E-state index in [1.807, 2.05) is 48.7 Å². The van der Waals surface area contributed by atoms with E-state index < -0.39 is 0 Å². The van der Waals surface area contributed by atoms with E-state index in [0.717, 1.165) is 60.1 Å². The average Bonchev–Trinajstić information content (AvgIpc) is 3.34. The van der Waals surface area contributed by atoms with E-state index in [9.17, 15) is 0 Å². The smallest absolute Gasteiger partial charge is 0.228 e. The Balaban J connectivity index is 0.00000241. The van der Waals surface area contributed by atoms with Crippen LogP contribution in [0, 0.1) is 0 Å². The van der Waals surface area contributed by atoms with Crippen LogP contribution in [0.25, 0.3) is 22.8 Å². The number of hydrogen-bond acceptors (Lipinski definition) is 8. The Kier molecular flexibility index (Phi) is 6.33. The number of ether oxygens (including phenoxy) is 1. The number of halogens is 1. The van der Waals surface area contributed by atoms with Crippen molar-refractivity contribution in [3.05, 3.63) is 72.7 Å². The van der Waals surface area contributed by atoms with E-state index in [0.29, 0.717) is 25.0 Å². The predicted molar refractivity (Wildman–Crippen MR) is 134 cm³/mol. The zero-order valence-corrected chi connectivity index (χ0v) is 19.4. The van der Waals surface area contributed by atoms with Crippen LogP contribution in [-0.4, -0.2) is 57.8 Å². The lowest BCUT2D eigenvalue weighted by atomic mass is 10.1. The highest BCUT2D eigenvalue weighted by Crippen LogP contribution is 2.38. The lowest BCUT2D eigenvalue weighted by molar-refractivity contribution is 0.122. The normalized spacial score (nSPS) is 15.1. The van der Waals surface area contributed by atoms with Gasteiger partial charge in [-0.1, -0.05) is 30.3 Å². The Morgan fingerprint density at radius 1 is 0.824 bits per heavy atom. The topological polar surface area (TPSA) is 80.2 Å². The van der Waals surface area contributed by atoms with Gasteiger partial charge in [0.15, 0.2) is 5.82 Å². The van der Waals surface area contributed by atoms with Gasteiger partial charge in [-0.3, -0.25) is 4.98 Å². The van der Waals surface area contributed by atoms with Crippen molar-refractivity contribution in [1.82, 2.24) is 24.9 Å². The van der Waals surface area contributed by atoms with E-state index in [2.05, 4.69) is 25.8 Å². The van der Waals surface area contributed by atoms with Crippen LogP contribution in [0.4, 0.5) is 17.5 Å². The van der Waals surface area contributed by atoms with Crippen LogP contribution >= 0.6 is 12.4 Å². The highest BCUT2D eigenvalue weighted by molar-refractivity contribution is 5.85. The van der Waals surface area contributed by atoms with Crippen molar-refractivity contribution < 1.29 is 4.74 Å². The monoisotopic (exact) mass is 473 g/mol. The SMILES string of the molecule is Cl.c1ccc(-c2nccc(-c3nc(N4CCOCC4)nc4c3CCN4c3cccnc3)n2)cc1. The van der Waals surface area contributed by atoms with Gasteiger partial charge in [0.2, 0.25) is 5.95 Å². The van der Waals surface area contributed by atoms with Gasteiger partial charge in [0.1, 0.15) is 5.82 Å². The first-order valence-corrected chi connectivity index (χ1v) is 11.2. The van der Waals surface area contributed by atoms with Gasteiger partial charge in [-0.2, -0.15) is 4.98 Å². The molecule has 0 bridgehead atoms. The quantitative estimate of drug-likeness (QED) is 0.441. The molecule has 4 aromatic rings. The second-order valence-corrected chi connectivity index (χ2v) is 8.02. The van der Waals surface area contributed by atoms with Gasteiger partial charge in [0.25, 0.3) is 0 Å². The van der Waals surface area contributed by atoms with Gasteiger partial charge < -0.3 is 14.5 Å². The summed E-state index contributed by atoms with van der Waals surface area (Å²) in [6.07, 6.45) is 6.32. The van der Waals surface area contributed by atoms with E-state index in [1.54, 1.807) is 12.4 Å². The van der Waals surface area contributed by atoms with Gasteiger partial charge >= 0.3 is 0 Å². The van der Waals surface area contributed by atoms with Crippen molar-refractivity contribution in [2.45, 2.75) is 6.42 Å². The first-order chi connectivity index (χ1) is 16.4. The number of nitrogens with zero attached hydrogens (tertiary/aromatic N) is 7. The summed E-state index contributed by atoms with van der Waals surface area (Å²) in [5.41, 5.74) is 4.79. The molecular formula is C25H24ClN7O. The summed E-state index contributed by atoms with van der Waals surface area (Å²) < 4.78 is 5.55. The maximum atomic E-state index is 5.55. The lowest BCUT2D eigenvalue weighted by Gasteiger charge is -2.28. The number of benzene rings is 1. The van der Waals surface area contributed by atoms with Crippen LogP contribution in [0.2, 0.25) is 0 Å². The number of anilines is 3. The molecule has 3 aromatic heterocycles. The molecule has 34 heavy (non-hydrogen) atoms. The Morgan fingerprint density at radius 2 is 1.68 bits per heavy atom. The first-order valence-electron chi connectivity index (χ1n) is 11.2. The molecule has 1 saturated heterocycles. The highest BCUT2D eigenvalue weighted by atomic mass is 35.5. The highest BCUT2D eigenvalue weighted by Gasteiger charge is 2.29. The number of aromatic nitrogens is 5. The minimum Gasteiger partial charge on any atom is -0.378 e. The third-order valence-electron chi connectivity index (χ3n) is 6.00. The fourth-order valence-corrected chi connectivity index (χ4v) is 4.34. The minimum absolute atomic E-state index is 0. The molecule has 8 nitrogen and oxygen atoms in total. The predicted octanol–water partition coefficient (Wildman–Crippen LogP) is 3.95. The maximum Gasteiger partial charge on any atom is 0.228 e. The molecule has 1 fully saturated rings. The molecule has 172 valence electrons. The Labute approximate surface area is 204 Å². The Morgan fingerprint density at radius 3 is 2.47 bits per heavy atom. The molecule has 0 atom stereocenters. The molecule has 0 unspecified atom stereocenters. The molecule has 2 aliphatic heterocycles. The third-order valence-corrected chi connectivity index (χ3v) is 6.00. The summed E-state index contributed by atoms with van der Waals surface area (Å²) in [7, 11) is 0. The molecular weight excluding hydrogens is 450 g/mol. The van der Waals surface area contributed by atoms with Gasteiger partial charge in [0.05, 0.1) is 36.5 Å². The van der Waals surface area contributed by atoms with Crippen molar-refractivity contribution >= 4 is 29.9 Å². The van der Waals surface area contributed by atoms with Gasteiger partial charge in [-0.05, 0) is 24.6 Å². The largest absolute Gasteiger partial charge is 0.378 e. The summed E-state index contributed by atoms with van der Waals surface area (Å²) in [6, 6.07) is 16.0. The Bertz CT molecular complexity index is 1270. The van der Waals surface area contributed by atoms with Crippen LogP contribution in [0.15, 0.2) is 67.1 Å². The summed E-state index contributed by atoms with van der Waals surface area (Å²) in [5, 5.41) is 0. The number of morpholine rings is 1. The molecule has 9 heteroatoms. The van der Waals surface area contributed by atoms with E-state index in [-0.39, 0.29) is 12.4 Å². The second-order valence-electron chi connectivity index (χ2n) is 8.02. The standard InChI is InChI=1S/C25H23N7O.ClH/c1-2-5-18(6-3-1)23-27-11-8-21(28-23)22-20-9-12-32(19-7-4-10-26-17-19)24(20)30-25(29-22)31-13-15-33-16-14-31;/h1-8,10-11,17H,9,12-16H2;1H. The molecule has 0 amide bonds. The molecule has 0 aliphatic carbocycles. The summed E-state index contributed by atoms with van der Waals surface area (Å²) in [6.45, 7) is 3.71. The number of rotatable bonds is 4. The van der Waals surface area contributed by atoms with E-state index in [4.69, 9.17) is 19.7 Å². The van der Waals surface area contributed by atoms with Gasteiger partial charge in [0, 0.05) is 43.2 Å². The van der Waals surface area contributed by atoms with Crippen molar-refractivity contribution in [2.24, 2.45) is 0 Å². The molecule has 0 radical (unpaired) electrons. The molecule has 1 aromatic carbocycles. The fraction of sp³-hybridized carbons (Fsp3) is 0.240. The van der Waals surface area contributed by atoms with Gasteiger partial charge in [-0.25, -0.2) is 15.0 Å². The molecule has 0 saturated carbocycles.